The van der Waals surface area contributed by atoms with E-state index in [2.05, 4.69) is 11.9 Å². The highest BCUT2D eigenvalue weighted by molar-refractivity contribution is 5.94. The van der Waals surface area contributed by atoms with Gasteiger partial charge in [-0.2, -0.15) is 0 Å². The van der Waals surface area contributed by atoms with E-state index in [9.17, 15) is 9.59 Å². The molecule has 0 spiro atoms. The Morgan fingerprint density at radius 3 is 2.45 bits per heavy atom. The van der Waals surface area contributed by atoms with Gasteiger partial charge in [0, 0.05) is 19.3 Å². The van der Waals surface area contributed by atoms with Crippen molar-refractivity contribution in [3.63, 3.8) is 0 Å². The van der Waals surface area contributed by atoms with E-state index >= 15 is 0 Å². The van der Waals surface area contributed by atoms with Crippen LogP contribution in [0.3, 0.4) is 0 Å². The number of aryl methyl sites for hydroxylation is 1. The van der Waals surface area contributed by atoms with Crippen molar-refractivity contribution in [2.45, 2.75) is 20.8 Å². The predicted molar refractivity (Wildman–Crippen MR) is 79.3 cm³/mol. The zero-order chi connectivity index (χ0) is 15.4. The molecule has 0 aliphatic rings. The number of carbonyl (C=O) groups excluding carboxylic acids is 1. The van der Waals surface area contributed by atoms with Gasteiger partial charge in [-0.25, -0.2) is 9.59 Å². The third-order valence-corrected chi connectivity index (χ3v) is 3.00. The minimum Gasteiger partial charge on any atom is -0.478 e. The highest BCUT2D eigenvalue weighted by Gasteiger charge is 2.14. The number of carbonyl (C=O) groups is 2. The van der Waals surface area contributed by atoms with Crippen LogP contribution in [0.25, 0.3) is 0 Å². The summed E-state index contributed by atoms with van der Waals surface area (Å²) in [4.78, 5) is 24.6. The number of aromatic carboxylic acids is 1. The van der Waals surface area contributed by atoms with Crippen LogP contribution in [0.4, 0.5) is 10.5 Å². The lowest BCUT2D eigenvalue weighted by molar-refractivity contribution is 0.0696. The van der Waals surface area contributed by atoms with Gasteiger partial charge in [-0.3, -0.25) is 0 Å². The van der Waals surface area contributed by atoms with E-state index in [1.807, 2.05) is 13.8 Å². The van der Waals surface area contributed by atoms with Gasteiger partial charge in [-0.05, 0) is 44.0 Å². The monoisotopic (exact) mass is 276 g/mol. The summed E-state index contributed by atoms with van der Waals surface area (Å²) < 4.78 is 0. The number of carboxylic acids is 1. The first-order chi connectivity index (χ1) is 9.22. The molecule has 5 nitrogen and oxygen atoms in total. The highest BCUT2D eigenvalue weighted by Crippen LogP contribution is 2.20. The Kier molecular flexibility index (Phi) is 4.91. The molecule has 0 fully saturated rings. The molecule has 0 aliphatic carbocycles. The van der Waals surface area contributed by atoms with Gasteiger partial charge in [-0.15, -0.1) is 0 Å². The Bertz CT molecular complexity index is 564. The zero-order valence-electron chi connectivity index (χ0n) is 12.3. The minimum absolute atomic E-state index is 0.197. The van der Waals surface area contributed by atoms with Crippen molar-refractivity contribution in [1.82, 2.24) is 4.90 Å². The van der Waals surface area contributed by atoms with Crippen LogP contribution in [0.15, 0.2) is 24.3 Å². The van der Waals surface area contributed by atoms with Crippen molar-refractivity contribution >= 4 is 17.7 Å². The zero-order valence-corrected chi connectivity index (χ0v) is 12.3. The van der Waals surface area contributed by atoms with E-state index in [1.54, 1.807) is 20.0 Å². The standard InChI is InChI=1S/C15H20N2O3/c1-9(2)8-17(5)15(20)16-12-6-10(3)11(4)13(7-12)14(18)19/h6-7H,1,8H2,2-5H3,(H,16,20)(H,18,19). The Morgan fingerprint density at radius 1 is 1.35 bits per heavy atom. The first-order valence-corrected chi connectivity index (χ1v) is 6.23. The normalized spacial score (nSPS) is 10.0. The predicted octanol–water partition coefficient (Wildman–Crippen LogP) is 3.04. The molecule has 5 heteroatoms. The fraction of sp³-hybridized carbons (Fsp3) is 0.333. The molecule has 0 aromatic heterocycles. The van der Waals surface area contributed by atoms with E-state index in [1.165, 1.54) is 11.0 Å². The van der Waals surface area contributed by atoms with Crippen LogP contribution >= 0.6 is 0 Å². The molecule has 1 aromatic carbocycles. The Labute approximate surface area is 118 Å². The second-order valence-electron chi connectivity index (χ2n) is 5.01. The van der Waals surface area contributed by atoms with Gasteiger partial charge in [-0.1, -0.05) is 12.2 Å². The van der Waals surface area contributed by atoms with Crippen LogP contribution in [-0.2, 0) is 0 Å². The number of carboxylic acid groups (broad SMARTS) is 1. The van der Waals surface area contributed by atoms with Crippen molar-refractivity contribution in [2.24, 2.45) is 0 Å². The van der Waals surface area contributed by atoms with Crippen molar-refractivity contribution in [3.8, 4) is 0 Å². The fourth-order valence-electron chi connectivity index (χ4n) is 1.85. The minimum atomic E-state index is -1.00. The van der Waals surface area contributed by atoms with Gasteiger partial charge in [0.1, 0.15) is 0 Å². The number of likely N-dealkylation sites (N-methyl/N-ethyl adjacent to an activating group) is 1. The van der Waals surface area contributed by atoms with Crippen LogP contribution in [0, 0.1) is 13.8 Å². The molecule has 1 rings (SSSR count). The van der Waals surface area contributed by atoms with E-state index in [0.29, 0.717) is 17.8 Å². The first kappa shape index (κ1) is 15.8. The molecule has 2 N–H and O–H groups in total. The number of hydrogen-bond acceptors (Lipinski definition) is 2. The molecule has 0 unspecified atom stereocenters. The van der Waals surface area contributed by atoms with E-state index in [-0.39, 0.29) is 11.6 Å². The Morgan fingerprint density at radius 2 is 1.95 bits per heavy atom. The summed E-state index contributed by atoms with van der Waals surface area (Å²) in [5, 5.41) is 11.8. The molecule has 1 aromatic rings. The SMILES string of the molecule is C=C(C)CN(C)C(=O)Nc1cc(C)c(C)c(C(=O)O)c1. The van der Waals surface area contributed by atoms with Gasteiger partial charge in [0.2, 0.25) is 0 Å². The van der Waals surface area contributed by atoms with E-state index in [0.717, 1.165) is 11.1 Å². The summed E-state index contributed by atoms with van der Waals surface area (Å²) in [5.41, 5.74) is 3.06. The number of nitrogens with one attached hydrogen (secondary N) is 1. The molecular formula is C15H20N2O3. The summed E-state index contributed by atoms with van der Waals surface area (Å²) in [6.07, 6.45) is 0. The quantitative estimate of drug-likeness (QED) is 0.830. The molecule has 0 saturated heterocycles. The number of anilines is 1. The molecule has 0 bridgehead atoms. The third-order valence-electron chi connectivity index (χ3n) is 3.00. The van der Waals surface area contributed by atoms with E-state index in [4.69, 9.17) is 5.11 Å². The molecule has 0 aliphatic heterocycles. The molecule has 108 valence electrons. The van der Waals surface area contributed by atoms with Crippen molar-refractivity contribution in [2.75, 3.05) is 18.9 Å². The molecule has 0 heterocycles. The number of urea groups is 1. The number of rotatable bonds is 4. The lowest BCUT2D eigenvalue weighted by Gasteiger charge is -2.18. The van der Waals surface area contributed by atoms with Crippen molar-refractivity contribution < 1.29 is 14.7 Å². The van der Waals surface area contributed by atoms with Gasteiger partial charge < -0.3 is 15.3 Å². The lowest BCUT2D eigenvalue weighted by Crippen LogP contribution is -2.32. The molecule has 0 radical (unpaired) electrons. The second-order valence-corrected chi connectivity index (χ2v) is 5.01. The van der Waals surface area contributed by atoms with Crippen LogP contribution in [0.2, 0.25) is 0 Å². The number of benzene rings is 1. The average molecular weight is 276 g/mol. The van der Waals surface area contributed by atoms with E-state index < -0.39 is 5.97 Å². The average Bonchev–Trinajstić information content (AvgIpc) is 2.32. The largest absolute Gasteiger partial charge is 0.478 e. The summed E-state index contributed by atoms with van der Waals surface area (Å²) in [6, 6.07) is 2.93. The molecule has 2 amide bonds. The number of nitrogens with zero attached hydrogens (tertiary/aromatic N) is 1. The third kappa shape index (κ3) is 3.85. The molecule has 0 saturated carbocycles. The summed E-state index contributed by atoms with van der Waals surface area (Å²) in [6.45, 7) is 9.59. The molecule has 20 heavy (non-hydrogen) atoms. The summed E-state index contributed by atoms with van der Waals surface area (Å²) in [5.74, 6) is -1.00. The molecular weight excluding hydrogens is 256 g/mol. The summed E-state index contributed by atoms with van der Waals surface area (Å²) >= 11 is 0. The van der Waals surface area contributed by atoms with Crippen LogP contribution < -0.4 is 5.32 Å². The number of hydrogen-bond donors (Lipinski definition) is 2. The lowest BCUT2D eigenvalue weighted by atomic mass is 10.0. The van der Waals surface area contributed by atoms with Crippen molar-refractivity contribution in [1.29, 1.82) is 0 Å². The van der Waals surface area contributed by atoms with Crippen LogP contribution in [0.1, 0.15) is 28.4 Å². The maximum atomic E-state index is 12.0. The summed E-state index contributed by atoms with van der Waals surface area (Å²) in [7, 11) is 1.66. The Hall–Kier alpha value is -2.30. The maximum absolute atomic E-state index is 12.0. The topological polar surface area (TPSA) is 69.6 Å². The first-order valence-electron chi connectivity index (χ1n) is 6.23. The molecule has 0 atom stereocenters. The van der Waals surface area contributed by atoms with Gasteiger partial charge in [0.25, 0.3) is 0 Å². The van der Waals surface area contributed by atoms with Gasteiger partial charge >= 0.3 is 12.0 Å². The van der Waals surface area contributed by atoms with Gasteiger partial charge in [0.15, 0.2) is 0 Å². The smallest absolute Gasteiger partial charge is 0.336 e. The Balaban J connectivity index is 2.96. The van der Waals surface area contributed by atoms with Crippen molar-refractivity contribution in [3.05, 3.63) is 41.0 Å². The number of amides is 2. The fourth-order valence-corrected chi connectivity index (χ4v) is 1.85. The maximum Gasteiger partial charge on any atom is 0.336 e. The van der Waals surface area contributed by atoms with Crippen LogP contribution in [-0.4, -0.2) is 35.6 Å². The van der Waals surface area contributed by atoms with Crippen LogP contribution in [0.5, 0.6) is 0 Å². The second kappa shape index (κ2) is 6.23. The highest BCUT2D eigenvalue weighted by atomic mass is 16.4. The van der Waals surface area contributed by atoms with Gasteiger partial charge in [0.05, 0.1) is 5.56 Å².